The number of anilines is 1. The number of halogens is 1. The van der Waals surface area contributed by atoms with Gasteiger partial charge in [-0.25, -0.2) is 0 Å². The minimum Gasteiger partial charge on any atom is -0.369 e. The Hall–Kier alpha value is -1.59. The van der Waals surface area contributed by atoms with Crippen LogP contribution in [-0.4, -0.2) is 47.8 Å². The molecule has 2 aromatic rings. The van der Waals surface area contributed by atoms with Crippen LogP contribution in [0.1, 0.15) is 11.7 Å². The molecule has 21 heavy (non-hydrogen) atoms. The molecule has 0 radical (unpaired) electrons. The van der Waals surface area contributed by atoms with Crippen LogP contribution in [0.5, 0.6) is 0 Å². The van der Waals surface area contributed by atoms with Crippen molar-refractivity contribution in [3.05, 3.63) is 41.0 Å². The van der Waals surface area contributed by atoms with E-state index in [1.165, 1.54) is 5.69 Å². The molecular weight excluding hydrogens is 288 g/mol. The number of benzene rings is 1. The summed E-state index contributed by atoms with van der Waals surface area (Å²) in [6.45, 7) is 6.92. The Morgan fingerprint density at radius 1 is 1.24 bits per heavy atom. The van der Waals surface area contributed by atoms with E-state index in [0.29, 0.717) is 5.82 Å². The molecule has 0 saturated carbocycles. The van der Waals surface area contributed by atoms with Gasteiger partial charge in [-0.05, 0) is 25.1 Å². The van der Waals surface area contributed by atoms with Crippen LogP contribution in [0, 0.1) is 6.92 Å². The van der Waals surface area contributed by atoms with Crippen molar-refractivity contribution in [1.29, 1.82) is 0 Å². The first-order valence-electron chi connectivity index (χ1n) is 7.23. The van der Waals surface area contributed by atoms with Gasteiger partial charge in [-0.1, -0.05) is 22.8 Å². The predicted molar refractivity (Wildman–Crippen MR) is 82.8 cm³/mol. The summed E-state index contributed by atoms with van der Waals surface area (Å²) in [4.78, 5) is 9.04. The predicted octanol–water partition coefficient (Wildman–Crippen LogP) is 2.40. The van der Waals surface area contributed by atoms with Gasteiger partial charge in [0.1, 0.15) is 0 Å². The van der Waals surface area contributed by atoms with E-state index in [0.717, 1.165) is 50.1 Å². The standard InChI is InChI=1S/C15H19ClN4O/c1-12-17-15(21-18-12)5-6-19-7-9-20(10-8-19)14-4-2-3-13(16)11-14/h2-4,11H,5-10H2,1H3. The van der Waals surface area contributed by atoms with Gasteiger partial charge in [0.25, 0.3) is 0 Å². The topological polar surface area (TPSA) is 45.4 Å². The normalized spacial score (nSPS) is 16.4. The molecule has 0 aliphatic carbocycles. The fourth-order valence-electron chi connectivity index (χ4n) is 2.60. The molecule has 0 bridgehead atoms. The maximum Gasteiger partial charge on any atom is 0.227 e. The van der Waals surface area contributed by atoms with E-state index in [2.05, 4.69) is 26.0 Å². The molecule has 0 spiro atoms. The molecule has 0 N–H and O–H groups in total. The molecule has 1 fully saturated rings. The minimum absolute atomic E-state index is 0.704. The second kappa shape index (κ2) is 6.45. The average Bonchev–Trinajstić information content (AvgIpc) is 2.91. The molecule has 3 rings (SSSR count). The number of hydrogen-bond donors (Lipinski definition) is 0. The smallest absolute Gasteiger partial charge is 0.227 e. The Morgan fingerprint density at radius 3 is 2.71 bits per heavy atom. The van der Waals surface area contributed by atoms with E-state index < -0.39 is 0 Å². The van der Waals surface area contributed by atoms with Gasteiger partial charge in [-0.15, -0.1) is 0 Å². The number of aromatic nitrogens is 2. The van der Waals surface area contributed by atoms with Crippen LogP contribution in [0.25, 0.3) is 0 Å². The Labute approximate surface area is 129 Å². The zero-order valence-corrected chi connectivity index (χ0v) is 12.9. The molecule has 112 valence electrons. The van der Waals surface area contributed by atoms with Crippen LogP contribution in [-0.2, 0) is 6.42 Å². The van der Waals surface area contributed by atoms with E-state index >= 15 is 0 Å². The lowest BCUT2D eigenvalue weighted by atomic mass is 10.2. The summed E-state index contributed by atoms with van der Waals surface area (Å²) in [6, 6.07) is 8.05. The van der Waals surface area contributed by atoms with Gasteiger partial charge in [-0.2, -0.15) is 4.98 Å². The van der Waals surface area contributed by atoms with E-state index in [1.54, 1.807) is 0 Å². The average molecular weight is 307 g/mol. The molecule has 1 saturated heterocycles. The van der Waals surface area contributed by atoms with Gasteiger partial charge in [0.15, 0.2) is 5.82 Å². The van der Waals surface area contributed by atoms with Gasteiger partial charge in [-0.3, -0.25) is 4.90 Å². The van der Waals surface area contributed by atoms with Crippen LogP contribution in [0.15, 0.2) is 28.8 Å². The van der Waals surface area contributed by atoms with E-state index in [4.69, 9.17) is 16.1 Å². The van der Waals surface area contributed by atoms with E-state index in [1.807, 2.05) is 25.1 Å². The Kier molecular flexibility index (Phi) is 4.41. The summed E-state index contributed by atoms with van der Waals surface area (Å²) in [5.41, 5.74) is 1.20. The van der Waals surface area contributed by atoms with Crippen molar-refractivity contribution in [3.8, 4) is 0 Å². The molecule has 0 unspecified atom stereocenters. The first kappa shape index (κ1) is 14.4. The van der Waals surface area contributed by atoms with Crippen LogP contribution in [0.3, 0.4) is 0 Å². The summed E-state index contributed by atoms with van der Waals surface area (Å²) in [6.07, 6.45) is 0.817. The zero-order chi connectivity index (χ0) is 14.7. The highest BCUT2D eigenvalue weighted by molar-refractivity contribution is 6.30. The van der Waals surface area contributed by atoms with Crippen molar-refractivity contribution >= 4 is 17.3 Å². The Bertz CT molecular complexity index is 593. The lowest BCUT2D eigenvalue weighted by molar-refractivity contribution is 0.249. The van der Waals surface area contributed by atoms with Crippen molar-refractivity contribution in [3.63, 3.8) is 0 Å². The van der Waals surface area contributed by atoms with Crippen LogP contribution < -0.4 is 4.90 Å². The molecule has 1 aliphatic heterocycles. The van der Waals surface area contributed by atoms with Crippen molar-refractivity contribution in [1.82, 2.24) is 15.0 Å². The lowest BCUT2D eigenvalue weighted by Gasteiger charge is -2.36. The third kappa shape index (κ3) is 3.74. The molecule has 1 aromatic carbocycles. The van der Waals surface area contributed by atoms with Crippen molar-refractivity contribution in [2.45, 2.75) is 13.3 Å². The fraction of sp³-hybridized carbons (Fsp3) is 0.467. The van der Waals surface area contributed by atoms with Gasteiger partial charge >= 0.3 is 0 Å². The van der Waals surface area contributed by atoms with Crippen LogP contribution >= 0.6 is 11.6 Å². The monoisotopic (exact) mass is 306 g/mol. The first-order valence-corrected chi connectivity index (χ1v) is 7.60. The molecule has 1 aliphatic rings. The largest absolute Gasteiger partial charge is 0.369 e. The van der Waals surface area contributed by atoms with Gasteiger partial charge in [0.2, 0.25) is 5.89 Å². The summed E-state index contributed by atoms with van der Waals surface area (Å²) >= 11 is 6.05. The molecule has 0 atom stereocenters. The molecule has 2 heterocycles. The second-order valence-corrected chi connectivity index (χ2v) is 5.73. The molecular formula is C15H19ClN4O. The minimum atomic E-state index is 0.704. The third-order valence-corrected chi connectivity index (χ3v) is 3.99. The number of rotatable bonds is 4. The van der Waals surface area contributed by atoms with Gasteiger partial charge in [0.05, 0.1) is 0 Å². The molecule has 1 aromatic heterocycles. The second-order valence-electron chi connectivity index (χ2n) is 5.29. The summed E-state index contributed by atoms with van der Waals surface area (Å²) in [5, 5.41) is 4.61. The number of aryl methyl sites for hydroxylation is 1. The molecule has 6 heteroatoms. The maximum absolute atomic E-state index is 6.05. The maximum atomic E-state index is 6.05. The van der Waals surface area contributed by atoms with Gasteiger partial charge in [0, 0.05) is 49.9 Å². The van der Waals surface area contributed by atoms with Crippen LogP contribution in [0.4, 0.5) is 5.69 Å². The van der Waals surface area contributed by atoms with Crippen molar-refractivity contribution < 1.29 is 4.52 Å². The van der Waals surface area contributed by atoms with E-state index in [9.17, 15) is 0 Å². The zero-order valence-electron chi connectivity index (χ0n) is 12.1. The third-order valence-electron chi connectivity index (χ3n) is 3.76. The SMILES string of the molecule is Cc1noc(CCN2CCN(c3cccc(Cl)c3)CC2)n1. The van der Waals surface area contributed by atoms with Crippen LogP contribution in [0.2, 0.25) is 5.02 Å². The molecule has 0 amide bonds. The number of hydrogen-bond acceptors (Lipinski definition) is 5. The lowest BCUT2D eigenvalue weighted by Crippen LogP contribution is -2.47. The highest BCUT2D eigenvalue weighted by Gasteiger charge is 2.17. The highest BCUT2D eigenvalue weighted by Crippen LogP contribution is 2.20. The number of nitrogens with zero attached hydrogens (tertiary/aromatic N) is 4. The summed E-state index contributed by atoms with van der Waals surface area (Å²) in [7, 11) is 0. The fourth-order valence-corrected chi connectivity index (χ4v) is 2.78. The number of piperazine rings is 1. The van der Waals surface area contributed by atoms with Crippen molar-refractivity contribution in [2.75, 3.05) is 37.6 Å². The first-order chi connectivity index (χ1) is 10.2. The Morgan fingerprint density at radius 2 is 2.05 bits per heavy atom. The van der Waals surface area contributed by atoms with E-state index in [-0.39, 0.29) is 0 Å². The molecule has 5 nitrogen and oxygen atoms in total. The van der Waals surface area contributed by atoms with Crippen molar-refractivity contribution in [2.24, 2.45) is 0 Å². The van der Waals surface area contributed by atoms with Gasteiger partial charge < -0.3 is 9.42 Å². The summed E-state index contributed by atoms with van der Waals surface area (Å²) in [5.74, 6) is 1.43. The quantitative estimate of drug-likeness (QED) is 0.868. The summed E-state index contributed by atoms with van der Waals surface area (Å²) < 4.78 is 5.15. The Balaban J connectivity index is 1.49. The highest BCUT2D eigenvalue weighted by atomic mass is 35.5.